The first-order valence-electron chi connectivity index (χ1n) is 10.2. The maximum Gasteiger partial charge on any atom is 0.191 e. The van der Waals surface area contributed by atoms with E-state index < -0.39 is 10.8 Å². The van der Waals surface area contributed by atoms with Crippen molar-refractivity contribution < 1.29 is 8.95 Å². The summed E-state index contributed by atoms with van der Waals surface area (Å²) in [5, 5.41) is 6.52. The van der Waals surface area contributed by atoms with Crippen molar-refractivity contribution in [3.8, 4) is 0 Å². The van der Waals surface area contributed by atoms with E-state index in [0.29, 0.717) is 43.7 Å². The summed E-state index contributed by atoms with van der Waals surface area (Å²) in [6.45, 7) is 7.56. The van der Waals surface area contributed by atoms with Crippen LogP contribution in [-0.2, 0) is 27.9 Å². The minimum absolute atomic E-state index is 0. The number of aliphatic imine (C=N–C) groups is 1. The first kappa shape index (κ1) is 26.6. The van der Waals surface area contributed by atoms with Crippen molar-refractivity contribution in [1.82, 2.24) is 10.6 Å². The van der Waals surface area contributed by atoms with Crippen molar-refractivity contribution in [2.24, 2.45) is 10.9 Å². The zero-order valence-electron chi connectivity index (χ0n) is 17.9. The van der Waals surface area contributed by atoms with E-state index in [9.17, 15) is 4.21 Å². The largest absolute Gasteiger partial charge is 0.376 e. The van der Waals surface area contributed by atoms with Crippen molar-refractivity contribution in [3.05, 3.63) is 71.8 Å². The monoisotopic (exact) mass is 543 g/mol. The molecule has 2 N–H and O–H groups in total. The Labute approximate surface area is 200 Å². The summed E-state index contributed by atoms with van der Waals surface area (Å²) in [6, 6.07) is 20.1. The lowest BCUT2D eigenvalue weighted by molar-refractivity contribution is 0.0945. The van der Waals surface area contributed by atoms with Crippen LogP contribution in [0.1, 0.15) is 25.0 Å². The molecule has 0 saturated heterocycles. The van der Waals surface area contributed by atoms with Gasteiger partial charge in [0.1, 0.15) is 0 Å². The highest BCUT2D eigenvalue weighted by molar-refractivity contribution is 14.0. The number of halogens is 1. The van der Waals surface area contributed by atoms with Gasteiger partial charge in [0, 0.05) is 41.9 Å². The lowest BCUT2D eigenvalue weighted by Gasteiger charge is -2.14. The molecule has 0 spiro atoms. The van der Waals surface area contributed by atoms with Gasteiger partial charge in [0.25, 0.3) is 0 Å². The molecule has 5 nitrogen and oxygen atoms in total. The molecule has 2 unspecified atom stereocenters. The Kier molecular flexibility index (Phi) is 14.4. The third-order valence-corrected chi connectivity index (χ3v) is 5.53. The van der Waals surface area contributed by atoms with Crippen LogP contribution in [0.15, 0.2) is 65.7 Å². The van der Waals surface area contributed by atoms with Crippen LogP contribution < -0.4 is 10.6 Å². The van der Waals surface area contributed by atoms with E-state index in [1.165, 1.54) is 5.56 Å². The summed E-state index contributed by atoms with van der Waals surface area (Å²) in [7, 11) is -0.892. The topological polar surface area (TPSA) is 62.7 Å². The van der Waals surface area contributed by atoms with Crippen molar-refractivity contribution in [2.75, 3.05) is 32.0 Å². The molecule has 2 aromatic rings. The van der Waals surface area contributed by atoms with Gasteiger partial charge in [-0.25, -0.2) is 0 Å². The first-order valence-corrected chi connectivity index (χ1v) is 11.7. The summed E-state index contributed by atoms with van der Waals surface area (Å²) in [4.78, 5) is 4.64. The molecule has 0 saturated carbocycles. The van der Waals surface area contributed by atoms with E-state index in [1.807, 2.05) is 55.5 Å². The number of benzene rings is 2. The molecule has 0 aliphatic heterocycles. The van der Waals surface area contributed by atoms with E-state index in [0.717, 1.165) is 18.1 Å². The second kappa shape index (κ2) is 16.3. The molecule has 0 amide bonds. The van der Waals surface area contributed by atoms with E-state index in [4.69, 9.17) is 4.74 Å². The summed E-state index contributed by atoms with van der Waals surface area (Å²) in [5.74, 6) is 2.27. The Morgan fingerprint density at radius 1 is 1.03 bits per heavy atom. The molecule has 2 atom stereocenters. The summed E-state index contributed by atoms with van der Waals surface area (Å²) >= 11 is 0. The zero-order valence-corrected chi connectivity index (χ0v) is 21.0. The van der Waals surface area contributed by atoms with E-state index in [-0.39, 0.29) is 24.0 Å². The minimum Gasteiger partial charge on any atom is -0.376 e. The Balaban J connectivity index is 0.00000450. The van der Waals surface area contributed by atoms with Gasteiger partial charge in [-0.1, -0.05) is 67.6 Å². The van der Waals surface area contributed by atoms with Crippen LogP contribution in [0.2, 0.25) is 0 Å². The summed E-state index contributed by atoms with van der Waals surface area (Å²) in [5.41, 5.74) is 2.29. The van der Waals surface area contributed by atoms with Gasteiger partial charge in [-0.3, -0.25) is 9.20 Å². The van der Waals surface area contributed by atoms with Crippen molar-refractivity contribution in [3.63, 3.8) is 0 Å². The molecule has 0 heterocycles. The minimum atomic E-state index is -0.892. The Bertz CT molecular complexity index is 745. The lowest BCUT2D eigenvalue weighted by Crippen LogP contribution is -2.39. The molecule has 0 aliphatic rings. The van der Waals surface area contributed by atoms with Gasteiger partial charge in [0.2, 0.25) is 0 Å². The van der Waals surface area contributed by atoms with Gasteiger partial charge in [-0.2, -0.15) is 0 Å². The number of rotatable bonds is 12. The van der Waals surface area contributed by atoms with Gasteiger partial charge in [-0.05, 0) is 24.0 Å². The average molecular weight is 544 g/mol. The van der Waals surface area contributed by atoms with Crippen LogP contribution >= 0.6 is 24.0 Å². The van der Waals surface area contributed by atoms with Crippen molar-refractivity contribution >= 4 is 40.7 Å². The predicted molar refractivity (Wildman–Crippen MR) is 138 cm³/mol. The normalized spacial score (nSPS) is 13.2. The molecule has 0 aromatic heterocycles. The first-order chi connectivity index (χ1) is 14.2. The van der Waals surface area contributed by atoms with E-state index in [2.05, 4.69) is 34.7 Å². The number of guanidine groups is 1. The fourth-order valence-electron chi connectivity index (χ4n) is 2.71. The molecule has 0 aliphatic carbocycles. The quantitative estimate of drug-likeness (QED) is 0.242. The number of nitrogens with zero attached hydrogens (tertiary/aromatic N) is 1. The standard InChI is InChI=1S/C23H33N3O2S.HI/c1-3-24-23(25-14-15-29(27)19-22-12-8-5-9-13-22)26-16-20(2)17-28-18-21-10-6-4-7-11-21;/h4-13,20H,3,14-19H2,1-2H3,(H2,24,25,26);1H. The Hall–Kier alpha value is -1.45. The van der Waals surface area contributed by atoms with Crippen molar-refractivity contribution in [1.29, 1.82) is 0 Å². The number of hydrogen-bond donors (Lipinski definition) is 2. The summed E-state index contributed by atoms with van der Waals surface area (Å²) in [6.07, 6.45) is 0. The fourth-order valence-corrected chi connectivity index (χ4v) is 3.75. The van der Waals surface area contributed by atoms with Gasteiger partial charge in [0.05, 0.1) is 13.2 Å². The van der Waals surface area contributed by atoms with Gasteiger partial charge in [0.15, 0.2) is 5.96 Å². The van der Waals surface area contributed by atoms with Crippen molar-refractivity contribution in [2.45, 2.75) is 26.2 Å². The summed E-state index contributed by atoms with van der Waals surface area (Å²) < 4.78 is 18.0. The van der Waals surface area contributed by atoms with E-state index in [1.54, 1.807) is 0 Å². The lowest BCUT2D eigenvalue weighted by atomic mass is 10.2. The highest BCUT2D eigenvalue weighted by Gasteiger charge is 2.05. The molecular formula is C23H34IN3O2S. The Morgan fingerprint density at radius 2 is 1.67 bits per heavy atom. The molecule has 2 rings (SSSR count). The van der Waals surface area contributed by atoms with Gasteiger partial charge >= 0.3 is 0 Å². The van der Waals surface area contributed by atoms with E-state index >= 15 is 0 Å². The van der Waals surface area contributed by atoms with Crippen LogP contribution in [0.4, 0.5) is 0 Å². The molecular weight excluding hydrogens is 509 g/mol. The maximum absolute atomic E-state index is 12.2. The second-order valence-electron chi connectivity index (χ2n) is 7.03. The molecule has 2 aromatic carbocycles. The predicted octanol–water partition coefficient (Wildman–Crippen LogP) is 3.96. The SMILES string of the molecule is CCNC(=NCC(C)COCc1ccccc1)NCCS(=O)Cc1ccccc1.I. The molecule has 166 valence electrons. The molecule has 0 fully saturated rings. The highest BCUT2D eigenvalue weighted by Crippen LogP contribution is 2.04. The third kappa shape index (κ3) is 11.7. The molecule has 0 bridgehead atoms. The molecule has 0 radical (unpaired) electrons. The second-order valence-corrected chi connectivity index (χ2v) is 8.60. The smallest absolute Gasteiger partial charge is 0.191 e. The van der Waals surface area contributed by atoms with Crippen LogP contribution in [0.25, 0.3) is 0 Å². The van der Waals surface area contributed by atoms with Crippen LogP contribution in [-0.4, -0.2) is 42.2 Å². The zero-order chi connectivity index (χ0) is 20.7. The van der Waals surface area contributed by atoms with Crippen LogP contribution in [0, 0.1) is 5.92 Å². The highest BCUT2D eigenvalue weighted by atomic mass is 127. The number of ether oxygens (including phenoxy) is 1. The van der Waals surface area contributed by atoms with Crippen LogP contribution in [0.3, 0.4) is 0 Å². The molecule has 7 heteroatoms. The molecule has 30 heavy (non-hydrogen) atoms. The average Bonchev–Trinajstić information content (AvgIpc) is 2.73. The van der Waals surface area contributed by atoms with Gasteiger partial charge < -0.3 is 15.4 Å². The van der Waals surface area contributed by atoms with Gasteiger partial charge in [-0.15, -0.1) is 24.0 Å². The Morgan fingerprint density at radius 3 is 2.30 bits per heavy atom. The third-order valence-electron chi connectivity index (χ3n) is 4.21. The fraction of sp³-hybridized carbons (Fsp3) is 0.435. The number of nitrogens with one attached hydrogen (secondary N) is 2. The number of hydrogen-bond acceptors (Lipinski definition) is 3. The van der Waals surface area contributed by atoms with Crippen LogP contribution in [0.5, 0.6) is 0 Å². The maximum atomic E-state index is 12.2.